The number of benzene rings is 2. The summed E-state index contributed by atoms with van der Waals surface area (Å²) in [7, 11) is 2.96. The van der Waals surface area contributed by atoms with E-state index in [2.05, 4.69) is 4.74 Å². The van der Waals surface area contributed by atoms with Crippen LogP contribution in [0.25, 0.3) is 0 Å². The summed E-state index contributed by atoms with van der Waals surface area (Å²) < 4.78 is 4.65. The second kappa shape index (κ2) is 6.76. The van der Waals surface area contributed by atoms with Gasteiger partial charge in [0.1, 0.15) is 5.75 Å². The molecule has 1 amide bonds. The van der Waals surface area contributed by atoms with Crippen LogP contribution < -0.4 is 0 Å². The molecule has 0 fully saturated rings. The monoisotopic (exact) mass is 299 g/mol. The van der Waals surface area contributed by atoms with E-state index in [1.54, 1.807) is 43.4 Å². The number of esters is 1. The van der Waals surface area contributed by atoms with E-state index in [1.165, 1.54) is 18.1 Å². The van der Waals surface area contributed by atoms with E-state index in [4.69, 9.17) is 0 Å². The van der Waals surface area contributed by atoms with Crippen molar-refractivity contribution in [3.8, 4) is 5.75 Å². The Morgan fingerprint density at radius 3 is 2.45 bits per heavy atom. The van der Waals surface area contributed by atoms with Crippen LogP contribution in [0.3, 0.4) is 0 Å². The van der Waals surface area contributed by atoms with Gasteiger partial charge in [-0.3, -0.25) is 4.79 Å². The molecule has 0 aliphatic heterocycles. The zero-order valence-electron chi connectivity index (χ0n) is 12.4. The number of hydrogen-bond acceptors (Lipinski definition) is 4. The van der Waals surface area contributed by atoms with Gasteiger partial charge in [-0.1, -0.05) is 18.2 Å². The molecule has 0 saturated carbocycles. The Hall–Kier alpha value is -2.82. The highest BCUT2D eigenvalue weighted by Gasteiger charge is 2.14. The quantitative estimate of drug-likeness (QED) is 0.881. The number of rotatable bonds is 4. The fourth-order valence-electron chi connectivity index (χ4n) is 2.12. The maximum Gasteiger partial charge on any atom is 0.337 e. The average Bonchev–Trinajstić information content (AvgIpc) is 2.53. The lowest BCUT2D eigenvalue weighted by Crippen LogP contribution is -2.26. The van der Waals surface area contributed by atoms with Crippen molar-refractivity contribution in [1.29, 1.82) is 0 Å². The van der Waals surface area contributed by atoms with E-state index < -0.39 is 5.97 Å². The van der Waals surface area contributed by atoms with Crippen LogP contribution in [0.5, 0.6) is 5.75 Å². The first-order chi connectivity index (χ1) is 10.5. The molecule has 0 spiro atoms. The Balaban J connectivity index is 2.15. The third-order valence-electron chi connectivity index (χ3n) is 3.21. The Labute approximate surface area is 128 Å². The summed E-state index contributed by atoms with van der Waals surface area (Å²) in [6.45, 7) is 0.357. The van der Waals surface area contributed by atoms with Gasteiger partial charge in [0.25, 0.3) is 5.91 Å². The topological polar surface area (TPSA) is 66.8 Å². The fourth-order valence-corrected chi connectivity index (χ4v) is 2.12. The van der Waals surface area contributed by atoms with E-state index in [0.29, 0.717) is 17.7 Å². The number of amides is 1. The summed E-state index contributed by atoms with van der Waals surface area (Å²) in [6.07, 6.45) is 0. The van der Waals surface area contributed by atoms with E-state index >= 15 is 0 Å². The van der Waals surface area contributed by atoms with Gasteiger partial charge in [0.05, 0.1) is 12.7 Å². The first-order valence-electron chi connectivity index (χ1n) is 6.73. The SMILES string of the molecule is COC(=O)c1cccc(C(=O)N(C)Cc2cccc(O)c2)c1. The van der Waals surface area contributed by atoms with Crippen molar-refractivity contribution >= 4 is 11.9 Å². The lowest BCUT2D eigenvalue weighted by Gasteiger charge is -2.17. The Morgan fingerprint density at radius 2 is 1.77 bits per heavy atom. The number of methoxy groups -OCH3 is 1. The van der Waals surface area contributed by atoms with Crippen LogP contribution in [-0.4, -0.2) is 36.0 Å². The van der Waals surface area contributed by atoms with Crippen LogP contribution in [0.1, 0.15) is 26.3 Å². The molecule has 5 heteroatoms. The molecule has 0 aromatic heterocycles. The summed E-state index contributed by atoms with van der Waals surface area (Å²) in [4.78, 5) is 25.4. The molecule has 0 aliphatic carbocycles. The number of ether oxygens (including phenoxy) is 1. The second-order valence-corrected chi connectivity index (χ2v) is 4.90. The van der Waals surface area contributed by atoms with Crippen LogP contribution in [-0.2, 0) is 11.3 Å². The number of phenolic OH excluding ortho intramolecular Hbond substituents is 1. The van der Waals surface area contributed by atoms with Crippen LogP contribution in [0.4, 0.5) is 0 Å². The molecule has 2 rings (SSSR count). The normalized spacial score (nSPS) is 10.1. The highest BCUT2D eigenvalue weighted by Crippen LogP contribution is 2.14. The van der Waals surface area contributed by atoms with Gasteiger partial charge >= 0.3 is 5.97 Å². The molecule has 0 bridgehead atoms. The predicted molar refractivity (Wildman–Crippen MR) is 81.7 cm³/mol. The second-order valence-electron chi connectivity index (χ2n) is 4.90. The zero-order chi connectivity index (χ0) is 16.1. The lowest BCUT2D eigenvalue weighted by atomic mass is 10.1. The molecule has 5 nitrogen and oxygen atoms in total. The number of carbonyl (C=O) groups is 2. The molecule has 22 heavy (non-hydrogen) atoms. The summed E-state index contributed by atoms with van der Waals surface area (Å²) >= 11 is 0. The molecule has 0 heterocycles. The molecule has 114 valence electrons. The van der Waals surface area contributed by atoms with Gasteiger partial charge in [-0.25, -0.2) is 4.79 Å². The van der Waals surface area contributed by atoms with Gasteiger partial charge in [-0.05, 0) is 35.9 Å². The van der Waals surface area contributed by atoms with Crippen LogP contribution in [0.2, 0.25) is 0 Å². The summed E-state index contributed by atoms with van der Waals surface area (Å²) in [5.41, 5.74) is 1.56. The molecule has 2 aromatic rings. The Bertz CT molecular complexity index is 697. The van der Waals surface area contributed by atoms with Gasteiger partial charge in [0.15, 0.2) is 0 Å². The minimum atomic E-state index is -0.481. The van der Waals surface area contributed by atoms with Gasteiger partial charge < -0.3 is 14.7 Å². The summed E-state index contributed by atoms with van der Waals surface area (Å²) in [5, 5.41) is 9.45. The molecule has 0 unspecified atom stereocenters. The van der Waals surface area contributed by atoms with Crippen molar-refractivity contribution in [3.05, 3.63) is 65.2 Å². The maximum absolute atomic E-state index is 12.4. The first kappa shape index (κ1) is 15.6. The number of aromatic hydroxyl groups is 1. The predicted octanol–water partition coefficient (Wildman–Crippen LogP) is 2.45. The van der Waals surface area contributed by atoms with Crippen molar-refractivity contribution in [3.63, 3.8) is 0 Å². The zero-order valence-corrected chi connectivity index (χ0v) is 12.4. The number of phenols is 1. The van der Waals surface area contributed by atoms with E-state index in [9.17, 15) is 14.7 Å². The third-order valence-corrected chi connectivity index (χ3v) is 3.21. The minimum Gasteiger partial charge on any atom is -0.508 e. The maximum atomic E-state index is 12.4. The third kappa shape index (κ3) is 3.63. The van der Waals surface area contributed by atoms with Crippen molar-refractivity contribution in [1.82, 2.24) is 4.90 Å². The highest BCUT2D eigenvalue weighted by atomic mass is 16.5. The fraction of sp³-hybridized carbons (Fsp3) is 0.176. The smallest absolute Gasteiger partial charge is 0.337 e. The molecule has 0 aliphatic rings. The lowest BCUT2D eigenvalue weighted by molar-refractivity contribution is 0.0600. The summed E-state index contributed by atoms with van der Waals surface area (Å²) in [5.74, 6) is -0.537. The van der Waals surface area contributed by atoms with Crippen molar-refractivity contribution < 1.29 is 19.4 Å². The molecule has 2 aromatic carbocycles. The average molecular weight is 299 g/mol. The molecular formula is C17H17NO4. The molecular weight excluding hydrogens is 282 g/mol. The van der Waals surface area contributed by atoms with Gasteiger partial charge in [0.2, 0.25) is 0 Å². The number of hydrogen-bond donors (Lipinski definition) is 1. The van der Waals surface area contributed by atoms with E-state index in [0.717, 1.165) is 5.56 Å². The van der Waals surface area contributed by atoms with Gasteiger partial charge in [0, 0.05) is 19.2 Å². The molecule has 1 N–H and O–H groups in total. The van der Waals surface area contributed by atoms with E-state index in [1.807, 2.05) is 6.07 Å². The molecule has 0 radical (unpaired) electrons. The molecule has 0 saturated heterocycles. The molecule has 0 atom stereocenters. The van der Waals surface area contributed by atoms with Gasteiger partial charge in [-0.15, -0.1) is 0 Å². The highest BCUT2D eigenvalue weighted by molar-refractivity contribution is 5.97. The first-order valence-corrected chi connectivity index (χ1v) is 6.73. The number of carbonyl (C=O) groups excluding carboxylic acids is 2. The standard InChI is InChI=1S/C17H17NO4/c1-18(11-12-5-3-8-15(19)9-12)16(20)13-6-4-7-14(10-13)17(21)22-2/h3-10,19H,11H2,1-2H3. The Morgan fingerprint density at radius 1 is 1.09 bits per heavy atom. The van der Waals surface area contributed by atoms with E-state index in [-0.39, 0.29) is 11.7 Å². The Kier molecular flexibility index (Phi) is 4.78. The van der Waals surface area contributed by atoms with Crippen LogP contribution in [0, 0.1) is 0 Å². The van der Waals surface area contributed by atoms with Crippen molar-refractivity contribution in [2.24, 2.45) is 0 Å². The number of nitrogens with zero attached hydrogens (tertiary/aromatic N) is 1. The van der Waals surface area contributed by atoms with Crippen LogP contribution >= 0.6 is 0 Å². The largest absolute Gasteiger partial charge is 0.508 e. The van der Waals surface area contributed by atoms with Crippen molar-refractivity contribution in [2.45, 2.75) is 6.54 Å². The van der Waals surface area contributed by atoms with Gasteiger partial charge in [-0.2, -0.15) is 0 Å². The summed E-state index contributed by atoms with van der Waals surface area (Å²) in [6, 6.07) is 13.1. The minimum absolute atomic E-state index is 0.158. The van der Waals surface area contributed by atoms with Crippen LogP contribution in [0.15, 0.2) is 48.5 Å². The van der Waals surface area contributed by atoms with Crippen molar-refractivity contribution in [2.75, 3.05) is 14.2 Å².